The van der Waals surface area contributed by atoms with Crippen LogP contribution in [0.5, 0.6) is 11.5 Å². The summed E-state index contributed by atoms with van der Waals surface area (Å²) in [6.45, 7) is -0.497. The van der Waals surface area contributed by atoms with E-state index in [4.69, 9.17) is 16.3 Å². The van der Waals surface area contributed by atoms with Crippen LogP contribution in [0.2, 0.25) is 5.02 Å². The van der Waals surface area contributed by atoms with E-state index in [1.54, 1.807) is 6.07 Å². The third-order valence-corrected chi connectivity index (χ3v) is 2.95. The summed E-state index contributed by atoms with van der Waals surface area (Å²) in [6.07, 6.45) is 0. The van der Waals surface area contributed by atoms with E-state index in [0.717, 1.165) is 0 Å². The highest BCUT2D eigenvalue weighted by Gasteiger charge is 2.13. The smallest absolute Gasteiger partial charge is 0.276 e. The fourth-order valence-electron chi connectivity index (χ4n) is 1.63. The minimum atomic E-state index is -0.760. The number of para-hydroxylation sites is 1. The maximum Gasteiger partial charge on any atom is 0.276 e. The zero-order valence-electron chi connectivity index (χ0n) is 11.7. The molecule has 0 aliphatic rings. The summed E-state index contributed by atoms with van der Waals surface area (Å²) >= 11 is 5.72. The van der Waals surface area contributed by atoms with Gasteiger partial charge in [0.15, 0.2) is 18.2 Å². The molecule has 0 bridgehead atoms. The molecule has 0 aliphatic carbocycles. The molecule has 0 heterocycles. The number of benzene rings is 2. The van der Waals surface area contributed by atoms with Crippen LogP contribution in [0, 0.1) is 5.82 Å². The summed E-state index contributed by atoms with van der Waals surface area (Å²) < 4.78 is 18.3. The molecule has 6 nitrogen and oxygen atoms in total. The van der Waals surface area contributed by atoms with Crippen molar-refractivity contribution in [2.24, 2.45) is 0 Å². The highest BCUT2D eigenvalue weighted by molar-refractivity contribution is 6.31. The van der Waals surface area contributed by atoms with Gasteiger partial charge in [-0.25, -0.2) is 4.39 Å². The number of phenols is 1. The van der Waals surface area contributed by atoms with Gasteiger partial charge in [-0.2, -0.15) is 0 Å². The second-order valence-electron chi connectivity index (χ2n) is 4.38. The van der Waals surface area contributed by atoms with Crippen LogP contribution in [0.3, 0.4) is 0 Å². The molecule has 2 amide bonds. The van der Waals surface area contributed by atoms with Crippen molar-refractivity contribution in [1.29, 1.82) is 0 Å². The SMILES string of the molecule is O=C(COc1ccccc1F)NNC(=O)c1cc(Cl)ccc1O. The van der Waals surface area contributed by atoms with Crippen molar-refractivity contribution in [3.05, 3.63) is 58.9 Å². The molecule has 0 fully saturated rings. The van der Waals surface area contributed by atoms with Gasteiger partial charge in [-0.3, -0.25) is 20.4 Å². The van der Waals surface area contributed by atoms with Gasteiger partial charge in [0.05, 0.1) is 5.56 Å². The van der Waals surface area contributed by atoms with E-state index < -0.39 is 24.2 Å². The number of rotatable bonds is 4. The Morgan fingerprint density at radius 1 is 1.17 bits per heavy atom. The number of amides is 2. The Labute approximate surface area is 135 Å². The Bertz CT molecular complexity index is 739. The average Bonchev–Trinajstić information content (AvgIpc) is 2.54. The molecule has 0 saturated heterocycles. The Kier molecular flexibility index (Phi) is 5.37. The van der Waals surface area contributed by atoms with Crippen LogP contribution in [-0.2, 0) is 4.79 Å². The van der Waals surface area contributed by atoms with Crippen molar-refractivity contribution in [2.75, 3.05) is 6.61 Å². The van der Waals surface area contributed by atoms with Crippen LogP contribution >= 0.6 is 11.6 Å². The van der Waals surface area contributed by atoms with E-state index in [-0.39, 0.29) is 22.1 Å². The monoisotopic (exact) mass is 338 g/mol. The molecular formula is C15H12ClFN2O4. The molecular weight excluding hydrogens is 327 g/mol. The highest BCUT2D eigenvalue weighted by Crippen LogP contribution is 2.21. The number of aromatic hydroxyl groups is 1. The quantitative estimate of drug-likeness (QED) is 0.744. The molecule has 0 aliphatic heterocycles. The molecule has 23 heavy (non-hydrogen) atoms. The van der Waals surface area contributed by atoms with Gasteiger partial charge in [-0.15, -0.1) is 0 Å². The van der Waals surface area contributed by atoms with Gasteiger partial charge in [0.1, 0.15) is 5.75 Å². The summed E-state index contributed by atoms with van der Waals surface area (Å²) in [6, 6.07) is 9.51. The first kappa shape index (κ1) is 16.6. The Balaban J connectivity index is 1.86. The van der Waals surface area contributed by atoms with Crippen LogP contribution in [0.15, 0.2) is 42.5 Å². The fourth-order valence-corrected chi connectivity index (χ4v) is 1.80. The van der Waals surface area contributed by atoms with Crippen molar-refractivity contribution in [1.82, 2.24) is 10.9 Å². The first-order valence-electron chi connectivity index (χ1n) is 6.42. The highest BCUT2D eigenvalue weighted by atomic mass is 35.5. The molecule has 3 N–H and O–H groups in total. The van der Waals surface area contributed by atoms with Gasteiger partial charge >= 0.3 is 0 Å². The number of phenolic OH excluding ortho intramolecular Hbond substituents is 1. The number of hydrazine groups is 1. The first-order chi connectivity index (χ1) is 11.0. The third-order valence-electron chi connectivity index (χ3n) is 2.71. The lowest BCUT2D eigenvalue weighted by Crippen LogP contribution is -2.43. The molecule has 0 radical (unpaired) electrons. The van der Waals surface area contributed by atoms with Gasteiger partial charge in [-0.1, -0.05) is 23.7 Å². The summed E-state index contributed by atoms with van der Waals surface area (Å²) in [7, 11) is 0. The van der Waals surface area contributed by atoms with Crippen LogP contribution in [0.4, 0.5) is 4.39 Å². The molecule has 0 spiro atoms. The van der Waals surface area contributed by atoms with Crippen molar-refractivity contribution >= 4 is 23.4 Å². The van der Waals surface area contributed by atoms with Crippen molar-refractivity contribution in [3.63, 3.8) is 0 Å². The van der Waals surface area contributed by atoms with E-state index >= 15 is 0 Å². The number of hydrogen-bond acceptors (Lipinski definition) is 4. The molecule has 0 atom stereocenters. The number of carbonyl (C=O) groups excluding carboxylic acids is 2. The summed E-state index contributed by atoms with van der Waals surface area (Å²) in [4.78, 5) is 23.4. The van der Waals surface area contributed by atoms with E-state index in [9.17, 15) is 19.1 Å². The minimum absolute atomic E-state index is 0.0820. The molecule has 8 heteroatoms. The largest absolute Gasteiger partial charge is 0.507 e. The summed E-state index contributed by atoms with van der Waals surface area (Å²) in [5, 5.41) is 9.81. The van der Waals surface area contributed by atoms with Gasteiger partial charge in [0.2, 0.25) is 0 Å². The predicted octanol–water partition coefficient (Wildman–Crippen LogP) is 2.02. The Morgan fingerprint density at radius 3 is 2.65 bits per heavy atom. The number of ether oxygens (including phenoxy) is 1. The average molecular weight is 339 g/mol. The first-order valence-corrected chi connectivity index (χ1v) is 6.80. The van der Waals surface area contributed by atoms with Crippen LogP contribution in [0.25, 0.3) is 0 Å². The lowest BCUT2D eigenvalue weighted by atomic mass is 10.2. The van der Waals surface area contributed by atoms with Crippen LogP contribution in [0.1, 0.15) is 10.4 Å². The van der Waals surface area contributed by atoms with Gasteiger partial charge in [-0.05, 0) is 30.3 Å². The standard InChI is InChI=1S/C15H12ClFN2O4/c16-9-5-6-12(20)10(7-9)15(22)19-18-14(21)8-23-13-4-2-1-3-11(13)17/h1-7,20H,8H2,(H,18,21)(H,19,22). The Hall–Kier alpha value is -2.80. The minimum Gasteiger partial charge on any atom is -0.507 e. The predicted molar refractivity (Wildman–Crippen MR) is 80.6 cm³/mol. The van der Waals surface area contributed by atoms with E-state index in [1.807, 2.05) is 0 Å². The number of nitrogens with one attached hydrogen (secondary N) is 2. The van der Waals surface area contributed by atoms with Crippen LogP contribution < -0.4 is 15.6 Å². The summed E-state index contributed by atoms with van der Waals surface area (Å²) in [5.74, 6) is -2.44. The Morgan fingerprint density at radius 2 is 1.91 bits per heavy atom. The number of halogens is 2. The van der Waals surface area contributed by atoms with Crippen LogP contribution in [-0.4, -0.2) is 23.5 Å². The molecule has 2 aromatic carbocycles. The second-order valence-corrected chi connectivity index (χ2v) is 4.82. The van der Waals surface area contributed by atoms with Gasteiger partial charge in [0, 0.05) is 5.02 Å². The fraction of sp³-hybridized carbons (Fsp3) is 0.0667. The zero-order valence-corrected chi connectivity index (χ0v) is 12.4. The van der Waals surface area contributed by atoms with Gasteiger partial charge in [0.25, 0.3) is 11.8 Å². The number of carbonyl (C=O) groups is 2. The van der Waals surface area contributed by atoms with Crippen molar-refractivity contribution in [3.8, 4) is 11.5 Å². The molecule has 0 aromatic heterocycles. The van der Waals surface area contributed by atoms with Gasteiger partial charge < -0.3 is 9.84 Å². The molecule has 0 saturated carbocycles. The van der Waals surface area contributed by atoms with Crippen molar-refractivity contribution < 1.29 is 23.8 Å². The lowest BCUT2D eigenvalue weighted by Gasteiger charge is -2.10. The number of hydrogen-bond donors (Lipinski definition) is 3. The lowest BCUT2D eigenvalue weighted by molar-refractivity contribution is -0.123. The van der Waals surface area contributed by atoms with E-state index in [1.165, 1.54) is 36.4 Å². The van der Waals surface area contributed by atoms with E-state index in [2.05, 4.69) is 10.9 Å². The van der Waals surface area contributed by atoms with E-state index in [0.29, 0.717) is 0 Å². The topological polar surface area (TPSA) is 87.7 Å². The molecule has 120 valence electrons. The van der Waals surface area contributed by atoms with Crippen molar-refractivity contribution in [2.45, 2.75) is 0 Å². The maximum atomic E-state index is 13.3. The summed E-state index contributed by atoms with van der Waals surface area (Å²) in [5.41, 5.74) is 4.06. The molecule has 0 unspecified atom stereocenters. The molecule has 2 rings (SSSR count). The second kappa shape index (κ2) is 7.46. The normalized spacial score (nSPS) is 10.0. The molecule has 2 aromatic rings. The third kappa shape index (κ3) is 4.58. The maximum absolute atomic E-state index is 13.3. The zero-order chi connectivity index (χ0) is 16.8.